The summed E-state index contributed by atoms with van der Waals surface area (Å²) in [6.45, 7) is 1.84. The van der Waals surface area contributed by atoms with Gasteiger partial charge in [0.1, 0.15) is 11.6 Å². The molecule has 1 amide bonds. The minimum atomic E-state index is -0.292. The van der Waals surface area contributed by atoms with Crippen molar-refractivity contribution in [3.05, 3.63) is 63.4 Å². The van der Waals surface area contributed by atoms with Crippen LogP contribution >= 0.6 is 22.6 Å². The number of hydrogen-bond acceptors (Lipinski definition) is 2. The summed E-state index contributed by atoms with van der Waals surface area (Å²) in [5.74, 6) is 0.104. The SMILES string of the molecule is CC(NC(=O)/C=C/c1ccc(I)o1)c1ccc(F)cc1. The number of amides is 1. The first-order valence-electron chi connectivity index (χ1n) is 6.04. The van der Waals surface area contributed by atoms with Crippen LogP contribution in [0.15, 0.2) is 46.9 Å². The number of carbonyl (C=O) groups excluding carboxylic acids is 1. The lowest BCUT2D eigenvalue weighted by Crippen LogP contribution is -2.24. The van der Waals surface area contributed by atoms with Crippen LogP contribution in [0.4, 0.5) is 4.39 Å². The summed E-state index contributed by atoms with van der Waals surface area (Å²) in [5, 5.41) is 2.80. The van der Waals surface area contributed by atoms with Gasteiger partial charge in [-0.3, -0.25) is 4.79 Å². The van der Waals surface area contributed by atoms with Crippen molar-refractivity contribution in [3.8, 4) is 0 Å². The zero-order valence-corrected chi connectivity index (χ0v) is 12.9. The molecule has 2 aromatic rings. The van der Waals surface area contributed by atoms with Crippen molar-refractivity contribution >= 4 is 34.6 Å². The van der Waals surface area contributed by atoms with E-state index >= 15 is 0 Å². The minimum absolute atomic E-state index is 0.190. The Morgan fingerprint density at radius 1 is 1.30 bits per heavy atom. The first-order valence-corrected chi connectivity index (χ1v) is 7.12. The van der Waals surface area contributed by atoms with E-state index in [-0.39, 0.29) is 17.8 Å². The summed E-state index contributed by atoms with van der Waals surface area (Å²) in [4.78, 5) is 11.8. The second-order valence-corrected chi connectivity index (χ2v) is 5.32. The number of hydrogen-bond donors (Lipinski definition) is 1. The molecule has 1 aromatic heterocycles. The van der Waals surface area contributed by atoms with Crippen LogP contribution in [-0.2, 0) is 4.79 Å². The predicted molar refractivity (Wildman–Crippen MR) is 83.4 cm³/mol. The maximum Gasteiger partial charge on any atom is 0.244 e. The molecule has 0 bridgehead atoms. The van der Waals surface area contributed by atoms with E-state index in [1.807, 2.05) is 13.0 Å². The van der Waals surface area contributed by atoms with Crippen molar-refractivity contribution in [1.29, 1.82) is 0 Å². The number of rotatable bonds is 4. The van der Waals surface area contributed by atoms with Crippen LogP contribution in [-0.4, -0.2) is 5.91 Å². The predicted octanol–water partition coefficient (Wildman–Crippen LogP) is 3.91. The van der Waals surface area contributed by atoms with Crippen LogP contribution in [0.5, 0.6) is 0 Å². The fraction of sp³-hybridized carbons (Fsp3) is 0.133. The summed E-state index contributed by atoms with van der Waals surface area (Å²) in [6, 6.07) is 9.47. The van der Waals surface area contributed by atoms with Gasteiger partial charge in [-0.25, -0.2) is 4.39 Å². The molecule has 0 spiro atoms. The van der Waals surface area contributed by atoms with Crippen LogP contribution in [0.3, 0.4) is 0 Å². The topological polar surface area (TPSA) is 42.2 Å². The molecule has 20 heavy (non-hydrogen) atoms. The number of halogens is 2. The quantitative estimate of drug-likeness (QED) is 0.641. The third kappa shape index (κ3) is 4.19. The lowest BCUT2D eigenvalue weighted by atomic mass is 10.1. The maximum atomic E-state index is 12.8. The summed E-state index contributed by atoms with van der Waals surface area (Å²) >= 11 is 2.06. The Hall–Kier alpha value is -1.63. The van der Waals surface area contributed by atoms with E-state index in [0.29, 0.717) is 5.76 Å². The van der Waals surface area contributed by atoms with Gasteiger partial charge in [0.15, 0.2) is 3.77 Å². The van der Waals surface area contributed by atoms with Gasteiger partial charge in [-0.05, 0) is 65.4 Å². The lowest BCUT2D eigenvalue weighted by molar-refractivity contribution is -0.117. The molecule has 104 valence electrons. The Labute approximate surface area is 130 Å². The molecule has 0 fully saturated rings. The summed E-state index contributed by atoms with van der Waals surface area (Å²) in [6.07, 6.45) is 3.02. The van der Waals surface area contributed by atoms with Gasteiger partial charge in [0, 0.05) is 6.08 Å². The molecule has 2 rings (SSSR count). The van der Waals surface area contributed by atoms with E-state index in [1.54, 1.807) is 24.3 Å². The van der Waals surface area contributed by atoms with Gasteiger partial charge in [-0.15, -0.1) is 0 Å². The number of carbonyl (C=O) groups is 1. The smallest absolute Gasteiger partial charge is 0.244 e. The zero-order chi connectivity index (χ0) is 14.5. The van der Waals surface area contributed by atoms with Crippen LogP contribution in [0.25, 0.3) is 6.08 Å². The molecule has 0 aliphatic carbocycles. The fourth-order valence-electron chi connectivity index (χ4n) is 1.67. The lowest BCUT2D eigenvalue weighted by Gasteiger charge is -2.12. The monoisotopic (exact) mass is 385 g/mol. The molecular weight excluding hydrogens is 372 g/mol. The zero-order valence-electron chi connectivity index (χ0n) is 10.8. The minimum Gasteiger partial charge on any atom is -0.451 e. The third-order valence-electron chi connectivity index (χ3n) is 2.72. The highest BCUT2D eigenvalue weighted by atomic mass is 127. The molecule has 1 atom stereocenters. The second kappa shape index (κ2) is 6.69. The number of furan rings is 1. The van der Waals surface area contributed by atoms with E-state index in [1.165, 1.54) is 18.2 Å². The molecule has 1 unspecified atom stereocenters. The fourth-order valence-corrected chi connectivity index (χ4v) is 2.11. The molecule has 0 aliphatic rings. The van der Waals surface area contributed by atoms with Crippen molar-refractivity contribution in [2.45, 2.75) is 13.0 Å². The van der Waals surface area contributed by atoms with E-state index in [9.17, 15) is 9.18 Å². The van der Waals surface area contributed by atoms with Gasteiger partial charge in [-0.2, -0.15) is 0 Å². The molecular formula is C15H13FINO2. The highest BCUT2D eigenvalue weighted by molar-refractivity contribution is 14.1. The normalized spacial score (nSPS) is 12.6. The molecule has 1 aromatic carbocycles. The van der Waals surface area contributed by atoms with Gasteiger partial charge in [-0.1, -0.05) is 12.1 Å². The highest BCUT2D eigenvalue weighted by Gasteiger charge is 2.07. The second-order valence-electron chi connectivity index (χ2n) is 4.26. The van der Waals surface area contributed by atoms with E-state index in [0.717, 1.165) is 9.33 Å². The third-order valence-corrected chi connectivity index (χ3v) is 3.30. The molecule has 1 N–H and O–H groups in total. The van der Waals surface area contributed by atoms with Crippen molar-refractivity contribution in [3.63, 3.8) is 0 Å². The van der Waals surface area contributed by atoms with Crippen molar-refractivity contribution < 1.29 is 13.6 Å². The van der Waals surface area contributed by atoms with Crippen molar-refractivity contribution in [2.75, 3.05) is 0 Å². The molecule has 3 nitrogen and oxygen atoms in total. The standard InChI is InChI=1S/C15H13FINO2/c1-10(11-2-4-12(16)5-3-11)18-15(19)9-7-13-6-8-14(17)20-13/h2-10H,1H3,(H,18,19)/b9-7+. The van der Waals surface area contributed by atoms with E-state index in [4.69, 9.17) is 4.42 Å². The molecule has 0 saturated heterocycles. The summed E-state index contributed by atoms with van der Waals surface area (Å²) < 4.78 is 18.9. The van der Waals surface area contributed by atoms with Crippen LogP contribution in [0.1, 0.15) is 24.3 Å². The summed E-state index contributed by atoms with van der Waals surface area (Å²) in [5.41, 5.74) is 0.848. The van der Waals surface area contributed by atoms with Gasteiger partial charge in [0.05, 0.1) is 6.04 Å². The molecule has 0 radical (unpaired) electrons. The van der Waals surface area contributed by atoms with E-state index in [2.05, 4.69) is 27.9 Å². The van der Waals surface area contributed by atoms with Gasteiger partial charge < -0.3 is 9.73 Å². The Kier molecular flexibility index (Phi) is 4.94. The first kappa shape index (κ1) is 14.8. The van der Waals surface area contributed by atoms with Gasteiger partial charge in [0.2, 0.25) is 5.91 Å². The van der Waals surface area contributed by atoms with Gasteiger partial charge in [0.25, 0.3) is 0 Å². The Bertz CT molecular complexity index is 619. The molecule has 1 heterocycles. The van der Waals surface area contributed by atoms with Crippen LogP contribution < -0.4 is 5.32 Å². The Morgan fingerprint density at radius 3 is 2.60 bits per heavy atom. The molecule has 0 saturated carbocycles. The average molecular weight is 385 g/mol. The van der Waals surface area contributed by atoms with Crippen LogP contribution in [0, 0.1) is 9.58 Å². The van der Waals surface area contributed by atoms with E-state index < -0.39 is 0 Å². The van der Waals surface area contributed by atoms with Crippen molar-refractivity contribution in [1.82, 2.24) is 5.32 Å². The number of nitrogens with one attached hydrogen (secondary N) is 1. The van der Waals surface area contributed by atoms with Gasteiger partial charge >= 0.3 is 0 Å². The summed E-state index contributed by atoms with van der Waals surface area (Å²) in [7, 11) is 0. The average Bonchev–Trinajstić information content (AvgIpc) is 2.83. The molecule has 5 heteroatoms. The molecule has 0 aliphatic heterocycles. The number of benzene rings is 1. The first-order chi connectivity index (χ1) is 9.54. The van der Waals surface area contributed by atoms with Crippen molar-refractivity contribution in [2.24, 2.45) is 0 Å². The highest BCUT2D eigenvalue weighted by Crippen LogP contribution is 2.13. The Balaban J connectivity index is 1.94. The maximum absolute atomic E-state index is 12.8. The Morgan fingerprint density at radius 2 is 2.00 bits per heavy atom. The van der Waals surface area contributed by atoms with Crippen LogP contribution in [0.2, 0.25) is 0 Å². The largest absolute Gasteiger partial charge is 0.451 e.